The van der Waals surface area contributed by atoms with Crippen LogP contribution in [0.25, 0.3) is 0 Å². The van der Waals surface area contributed by atoms with Crippen LogP contribution < -0.4 is 5.73 Å². The molecule has 0 radical (unpaired) electrons. The molecule has 1 aromatic rings. The van der Waals surface area contributed by atoms with Crippen molar-refractivity contribution in [3.8, 4) is 6.07 Å². The summed E-state index contributed by atoms with van der Waals surface area (Å²) in [5.41, 5.74) is 6.81. The summed E-state index contributed by atoms with van der Waals surface area (Å²) in [6, 6.07) is 7.57. The number of nitriles is 1. The lowest BCUT2D eigenvalue weighted by Crippen LogP contribution is -2.04. The van der Waals surface area contributed by atoms with Crippen LogP contribution in [0.1, 0.15) is 11.4 Å². The summed E-state index contributed by atoms with van der Waals surface area (Å²) in [4.78, 5) is 4.24. The zero-order valence-electron chi connectivity index (χ0n) is 7.53. The Morgan fingerprint density at radius 3 is 2.93 bits per heavy atom. The van der Waals surface area contributed by atoms with Crippen molar-refractivity contribution in [2.24, 2.45) is 5.73 Å². The van der Waals surface area contributed by atoms with E-state index < -0.39 is 0 Å². The maximum absolute atomic E-state index is 8.48. The Labute approximate surface area is 86.7 Å². The summed E-state index contributed by atoms with van der Waals surface area (Å²) >= 11 is 1.23. The normalized spacial score (nSPS) is 9.36. The van der Waals surface area contributed by atoms with E-state index in [2.05, 4.69) is 4.98 Å². The second kappa shape index (κ2) is 5.25. The number of nitrogens with two attached hydrogens (primary N) is 1. The predicted octanol–water partition coefficient (Wildman–Crippen LogP) is 1.27. The summed E-state index contributed by atoms with van der Waals surface area (Å²) in [5.74, 6) is 0.578. The van der Waals surface area contributed by atoms with Gasteiger partial charge in [0.05, 0.1) is 23.9 Å². The molecule has 1 heterocycles. The van der Waals surface area contributed by atoms with Gasteiger partial charge in [-0.1, -0.05) is 17.8 Å². The van der Waals surface area contributed by atoms with Gasteiger partial charge in [-0.15, -0.1) is 0 Å². The first-order valence-electron chi connectivity index (χ1n) is 4.01. The highest BCUT2D eigenvalue weighted by molar-refractivity contribution is 8.13. The van der Waals surface area contributed by atoms with Crippen molar-refractivity contribution in [1.29, 1.82) is 10.7 Å². The lowest BCUT2D eigenvalue weighted by Gasteiger charge is -2.00. The van der Waals surface area contributed by atoms with Gasteiger partial charge in [-0.2, -0.15) is 5.26 Å². The van der Waals surface area contributed by atoms with Crippen molar-refractivity contribution in [2.45, 2.75) is 12.2 Å². The molecule has 0 aromatic carbocycles. The molecule has 0 saturated heterocycles. The molecular weight excluding hydrogens is 196 g/mol. The standard InChI is InChI=1S/C9H10N4S/c10-5-4-7-2-1-3-8(13-7)6-14-9(11)12/h1-3H,4,6H2,(H3,11,12). The van der Waals surface area contributed by atoms with E-state index in [0.717, 1.165) is 11.4 Å². The first kappa shape index (κ1) is 10.5. The lowest BCUT2D eigenvalue weighted by molar-refractivity contribution is 1.06. The van der Waals surface area contributed by atoms with Gasteiger partial charge >= 0.3 is 0 Å². The molecule has 3 N–H and O–H groups in total. The highest BCUT2D eigenvalue weighted by atomic mass is 32.2. The van der Waals surface area contributed by atoms with Crippen molar-refractivity contribution in [3.05, 3.63) is 29.6 Å². The van der Waals surface area contributed by atoms with Gasteiger partial charge in [-0.05, 0) is 12.1 Å². The van der Waals surface area contributed by atoms with Gasteiger partial charge in [-0.25, -0.2) is 0 Å². The molecule has 0 aliphatic rings. The topological polar surface area (TPSA) is 86.5 Å². The average Bonchev–Trinajstić information content (AvgIpc) is 2.16. The number of pyridine rings is 1. The van der Waals surface area contributed by atoms with Crippen LogP contribution in [0.4, 0.5) is 0 Å². The zero-order valence-corrected chi connectivity index (χ0v) is 8.34. The van der Waals surface area contributed by atoms with E-state index in [1.165, 1.54) is 11.8 Å². The number of thioether (sulfide) groups is 1. The van der Waals surface area contributed by atoms with Crippen LogP contribution in [-0.4, -0.2) is 10.2 Å². The Kier molecular flexibility index (Phi) is 3.95. The fourth-order valence-electron chi connectivity index (χ4n) is 0.941. The third kappa shape index (κ3) is 3.46. The van der Waals surface area contributed by atoms with Gasteiger partial charge < -0.3 is 5.73 Å². The van der Waals surface area contributed by atoms with Crippen LogP contribution in [0.2, 0.25) is 0 Å². The van der Waals surface area contributed by atoms with Crippen LogP contribution in [0.3, 0.4) is 0 Å². The Hall–Kier alpha value is -1.54. The molecule has 4 nitrogen and oxygen atoms in total. The first-order valence-corrected chi connectivity index (χ1v) is 4.99. The van der Waals surface area contributed by atoms with E-state index in [4.69, 9.17) is 16.4 Å². The minimum atomic E-state index is 0.0810. The largest absolute Gasteiger partial charge is 0.379 e. The Balaban J connectivity index is 2.64. The fraction of sp³-hybridized carbons (Fsp3) is 0.222. The number of nitrogens with one attached hydrogen (secondary N) is 1. The second-order valence-electron chi connectivity index (χ2n) is 2.61. The van der Waals surface area contributed by atoms with Gasteiger partial charge in [0.2, 0.25) is 0 Å². The van der Waals surface area contributed by atoms with Crippen LogP contribution in [0.15, 0.2) is 18.2 Å². The zero-order chi connectivity index (χ0) is 10.4. The first-order chi connectivity index (χ1) is 6.72. The second-order valence-corrected chi connectivity index (χ2v) is 3.63. The summed E-state index contributed by atoms with van der Waals surface area (Å²) < 4.78 is 0. The van der Waals surface area contributed by atoms with Gasteiger partial charge in [0.15, 0.2) is 5.17 Å². The molecular formula is C9H10N4S. The average molecular weight is 206 g/mol. The van der Waals surface area contributed by atoms with Crippen molar-refractivity contribution < 1.29 is 0 Å². The van der Waals surface area contributed by atoms with Crippen LogP contribution in [0.5, 0.6) is 0 Å². The molecule has 14 heavy (non-hydrogen) atoms. The van der Waals surface area contributed by atoms with E-state index in [-0.39, 0.29) is 5.17 Å². The molecule has 1 aromatic heterocycles. The molecule has 0 aliphatic carbocycles. The number of amidine groups is 1. The smallest absolute Gasteiger partial charge is 0.151 e. The monoisotopic (exact) mass is 206 g/mol. The molecule has 0 atom stereocenters. The van der Waals surface area contributed by atoms with Crippen molar-refractivity contribution in [3.63, 3.8) is 0 Å². The Bertz CT molecular complexity index is 369. The van der Waals surface area contributed by atoms with E-state index in [1.807, 2.05) is 24.3 Å². The number of hydrogen-bond donors (Lipinski definition) is 2. The van der Waals surface area contributed by atoms with Gasteiger partial charge in [0, 0.05) is 5.75 Å². The molecule has 0 unspecified atom stereocenters. The quantitative estimate of drug-likeness (QED) is 0.576. The maximum Gasteiger partial charge on any atom is 0.151 e. The summed E-state index contributed by atoms with van der Waals surface area (Å²) in [6.45, 7) is 0. The molecule has 5 heteroatoms. The number of aromatic nitrogens is 1. The van der Waals surface area contributed by atoms with E-state index in [1.54, 1.807) is 0 Å². The van der Waals surface area contributed by atoms with Crippen LogP contribution in [-0.2, 0) is 12.2 Å². The lowest BCUT2D eigenvalue weighted by atomic mass is 10.2. The summed E-state index contributed by atoms with van der Waals surface area (Å²) in [5, 5.41) is 15.6. The SMILES string of the molecule is N#CCc1cccc(CSC(=N)N)n1. The number of hydrogen-bond acceptors (Lipinski definition) is 4. The van der Waals surface area contributed by atoms with E-state index in [0.29, 0.717) is 12.2 Å². The van der Waals surface area contributed by atoms with Crippen LogP contribution >= 0.6 is 11.8 Å². The molecule has 0 bridgehead atoms. The third-order valence-corrected chi connectivity index (χ3v) is 2.25. The molecule has 0 fully saturated rings. The van der Waals surface area contributed by atoms with Gasteiger partial charge in [-0.3, -0.25) is 10.4 Å². The predicted molar refractivity (Wildman–Crippen MR) is 56.8 cm³/mol. The minimum absolute atomic E-state index is 0.0810. The molecule has 72 valence electrons. The molecule has 0 amide bonds. The third-order valence-electron chi connectivity index (χ3n) is 1.50. The van der Waals surface area contributed by atoms with E-state index in [9.17, 15) is 0 Å². The van der Waals surface area contributed by atoms with E-state index >= 15 is 0 Å². The number of nitrogens with zero attached hydrogens (tertiary/aromatic N) is 2. The minimum Gasteiger partial charge on any atom is -0.379 e. The maximum atomic E-state index is 8.48. The van der Waals surface area contributed by atoms with Gasteiger partial charge in [0.25, 0.3) is 0 Å². The summed E-state index contributed by atoms with van der Waals surface area (Å²) in [7, 11) is 0. The fourth-order valence-corrected chi connectivity index (χ4v) is 1.40. The molecule has 0 saturated carbocycles. The molecule has 0 spiro atoms. The number of rotatable bonds is 3. The Morgan fingerprint density at radius 2 is 2.29 bits per heavy atom. The molecule has 1 rings (SSSR count). The van der Waals surface area contributed by atoms with Gasteiger partial charge in [0.1, 0.15) is 0 Å². The van der Waals surface area contributed by atoms with Crippen molar-refractivity contribution in [2.75, 3.05) is 0 Å². The van der Waals surface area contributed by atoms with Crippen molar-refractivity contribution >= 4 is 16.9 Å². The van der Waals surface area contributed by atoms with Crippen molar-refractivity contribution in [1.82, 2.24) is 4.98 Å². The highest BCUT2D eigenvalue weighted by Crippen LogP contribution is 2.09. The highest BCUT2D eigenvalue weighted by Gasteiger charge is 1.98. The summed E-state index contributed by atoms with van der Waals surface area (Å²) in [6.07, 6.45) is 0.318. The Morgan fingerprint density at radius 1 is 1.57 bits per heavy atom. The molecule has 0 aliphatic heterocycles. The van der Waals surface area contributed by atoms with Crippen LogP contribution in [0, 0.1) is 16.7 Å².